The standard InChI is InChI=1S/C12H16N2O4/c15-10(12(17)18)6-8-14-11(16)5-4-9-3-1-2-7-13-9/h1-3,7,10,15H,4-6,8H2,(H,14,16)(H,17,18). The maximum atomic E-state index is 11.4. The van der Waals surface area contributed by atoms with Crippen LogP contribution < -0.4 is 5.32 Å². The lowest BCUT2D eigenvalue weighted by Crippen LogP contribution is -2.30. The van der Waals surface area contributed by atoms with Crippen molar-refractivity contribution in [1.82, 2.24) is 10.3 Å². The monoisotopic (exact) mass is 252 g/mol. The topological polar surface area (TPSA) is 99.5 Å². The number of nitrogens with one attached hydrogen (secondary N) is 1. The zero-order valence-electron chi connectivity index (χ0n) is 9.87. The number of rotatable bonds is 7. The zero-order valence-corrected chi connectivity index (χ0v) is 9.87. The van der Waals surface area contributed by atoms with Gasteiger partial charge in [0, 0.05) is 31.3 Å². The van der Waals surface area contributed by atoms with Crippen LogP contribution in [0.5, 0.6) is 0 Å². The summed E-state index contributed by atoms with van der Waals surface area (Å²) in [6, 6.07) is 5.49. The first-order valence-electron chi connectivity index (χ1n) is 5.67. The molecule has 0 spiro atoms. The molecule has 1 amide bonds. The minimum atomic E-state index is -1.43. The van der Waals surface area contributed by atoms with Crippen LogP contribution in [0, 0.1) is 0 Å². The highest BCUT2D eigenvalue weighted by molar-refractivity contribution is 5.76. The molecule has 1 unspecified atom stereocenters. The number of aliphatic carboxylic acids is 1. The summed E-state index contributed by atoms with van der Waals surface area (Å²) >= 11 is 0. The van der Waals surface area contributed by atoms with Crippen LogP contribution in [0.25, 0.3) is 0 Å². The fraction of sp³-hybridized carbons (Fsp3) is 0.417. The van der Waals surface area contributed by atoms with Crippen molar-refractivity contribution in [2.45, 2.75) is 25.4 Å². The van der Waals surface area contributed by atoms with Gasteiger partial charge in [0.25, 0.3) is 0 Å². The Hall–Kier alpha value is -1.95. The van der Waals surface area contributed by atoms with E-state index in [0.717, 1.165) is 5.69 Å². The molecule has 6 heteroatoms. The smallest absolute Gasteiger partial charge is 0.332 e. The molecule has 1 heterocycles. The van der Waals surface area contributed by atoms with Crippen molar-refractivity contribution in [3.63, 3.8) is 0 Å². The van der Waals surface area contributed by atoms with E-state index in [1.807, 2.05) is 12.1 Å². The van der Waals surface area contributed by atoms with Crippen molar-refractivity contribution in [2.24, 2.45) is 0 Å². The third-order valence-electron chi connectivity index (χ3n) is 2.36. The molecule has 1 atom stereocenters. The molecule has 0 aliphatic heterocycles. The number of carboxylic acids is 1. The first kappa shape index (κ1) is 14.1. The molecule has 1 aromatic rings. The molecule has 0 aromatic carbocycles. The second-order valence-corrected chi connectivity index (χ2v) is 3.81. The minimum Gasteiger partial charge on any atom is -0.479 e. The molecule has 6 nitrogen and oxygen atoms in total. The fourth-order valence-electron chi connectivity index (χ4n) is 1.35. The predicted molar refractivity (Wildman–Crippen MR) is 63.8 cm³/mol. The third kappa shape index (κ3) is 5.40. The minimum absolute atomic E-state index is 0.00462. The number of aryl methyl sites for hydroxylation is 1. The Kier molecular flexibility index (Phi) is 5.79. The largest absolute Gasteiger partial charge is 0.479 e. The average molecular weight is 252 g/mol. The Balaban J connectivity index is 2.17. The van der Waals surface area contributed by atoms with Gasteiger partial charge in [0.1, 0.15) is 0 Å². The molecule has 0 radical (unpaired) electrons. The molecule has 0 saturated heterocycles. The van der Waals surface area contributed by atoms with Crippen LogP contribution in [-0.2, 0) is 16.0 Å². The summed E-state index contributed by atoms with van der Waals surface area (Å²) in [5.41, 5.74) is 0.832. The van der Waals surface area contributed by atoms with E-state index < -0.39 is 12.1 Å². The number of hydrogen-bond donors (Lipinski definition) is 3. The van der Waals surface area contributed by atoms with E-state index in [9.17, 15) is 9.59 Å². The van der Waals surface area contributed by atoms with E-state index in [-0.39, 0.29) is 18.9 Å². The van der Waals surface area contributed by atoms with Crippen molar-refractivity contribution in [3.05, 3.63) is 30.1 Å². The van der Waals surface area contributed by atoms with Crippen molar-refractivity contribution in [3.8, 4) is 0 Å². The number of aliphatic hydroxyl groups is 1. The van der Waals surface area contributed by atoms with Gasteiger partial charge in [-0.25, -0.2) is 4.79 Å². The van der Waals surface area contributed by atoms with E-state index in [0.29, 0.717) is 12.8 Å². The molecule has 0 saturated carbocycles. The lowest BCUT2D eigenvalue weighted by atomic mass is 10.2. The Labute approximate surface area is 105 Å². The third-order valence-corrected chi connectivity index (χ3v) is 2.36. The zero-order chi connectivity index (χ0) is 13.4. The van der Waals surface area contributed by atoms with Gasteiger partial charge in [-0.3, -0.25) is 9.78 Å². The number of carboxylic acid groups (broad SMARTS) is 1. The van der Waals surface area contributed by atoms with Crippen LogP contribution in [-0.4, -0.2) is 39.7 Å². The van der Waals surface area contributed by atoms with Gasteiger partial charge in [0.15, 0.2) is 6.10 Å². The molecule has 98 valence electrons. The molecule has 1 aromatic heterocycles. The number of aromatic nitrogens is 1. The Morgan fingerprint density at radius 2 is 2.17 bits per heavy atom. The number of hydrogen-bond acceptors (Lipinski definition) is 4. The second kappa shape index (κ2) is 7.39. The average Bonchev–Trinajstić information content (AvgIpc) is 2.37. The second-order valence-electron chi connectivity index (χ2n) is 3.81. The van der Waals surface area contributed by atoms with Crippen LogP contribution in [0.2, 0.25) is 0 Å². The summed E-state index contributed by atoms with van der Waals surface area (Å²) in [7, 11) is 0. The summed E-state index contributed by atoms with van der Waals surface area (Å²) in [6.45, 7) is 0.147. The highest BCUT2D eigenvalue weighted by Gasteiger charge is 2.12. The maximum Gasteiger partial charge on any atom is 0.332 e. The van der Waals surface area contributed by atoms with Crippen LogP contribution in [0.4, 0.5) is 0 Å². The summed E-state index contributed by atoms with van der Waals surface area (Å²) in [5.74, 6) is -1.46. The number of carbonyl (C=O) groups is 2. The number of nitrogens with zero attached hydrogens (tertiary/aromatic N) is 1. The molecule has 1 rings (SSSR count). The van der Waals surface area contributed by atoms with Crippen molar-refractivity contribution in [1.29, 1.82) is 0 Å². The predicted octanol–water partition coefficient (Wildman–Crippen LogP) is -0.0340. The van der Waals surface area contributed by atoms with E-state index in [1.54, 1.807) is 12.3 Å². The lowest BCUT2D eigenvalue weighted by Gasteiger charge is -2.07. The molecule has 0 aliphatic rings. The molecular weight excluding hydrogens is 236 g/mol. The summed E-state index contributed by atoms with van der Waals surface area (Å²) < 4.78 is 0. The fourth-order valence-corrected chi connectivity index (χ4v) is 1.35. The van der Waals surface area contributed by atoms with E-state index in [4.69, 9.17) is 10.2 Å². The van der Waals surface area contributed by atoms with Crippen molar-refractivity contribution < 1.29 is 19.8 Å². The Bertz CT molecular complexity index is 394. The van der Waals surface area contributed by atoms with E-state index in [1.165, 1.54) is 0 Å². The molecule has 0 fully saturated rings. The van der Waals surface area contributed by atoms with Gasteiger partial charge in [-0.05, 0) is 18.6 Å². The van der Waals surface area contributed by atoms with Crippen LogP contribution in [0.3, 0.4) is 0 Å². The van der Waals surface area contributed by atoms with Gasteiger partial charge in [0.2, 0.25) is 5.91 Å². The first-order chi connectivity index (χ1) is 8.59. The maximum absolute atomic E-state index is 11.4. The quantitative estimate of drug-likeness (QED) is 0.632. The van der Waals surface area contributed by atoms with E-state index >= 15 is 0 Å². The Morgan fingerprint density at radius 3 is 2.78 bits per heavy atom. The molecule has 18 heavy (non-hydrogen) atoms. The van der Waals surface area contributed by atoms with Crippen LogP contribution >= 0.6 is 0 Å². The molecule has 3 N–H and O–H groups in total. The summed E-state index contributed by atoms with van der Waals surface area (Å²) in [5, 5.41) is 20.0. The van der Waals surface area contributed by atoms with Gasteiger partial charge in [-0.15, -0.1) is 0 Å². The molecule has 0 aliphatic carbocycles. The number of aliphatic hydroxyl groups excluding tert-OH is 1. The normalized spacial score (nSPS) is 11.8. The van der Waals surface area contributed by atoms with E-state index in [2.05, 4.69) is 10.3 Å². The summed E-state index contributed by atoms with van der Waals surface area (Å²) in [4.78, 5) is 25.8. The van der Waals surface area contributed by atoms with Gasteiger partial charge >= 0.3 is 5.97 Å². The SMILES string of the molecule is O=C(CCc1ccccn1)NCCC(O)C(=O)O. The van der Waals surface area contributed by atoms with Gasteiger partial charge < -0.3 is 15.5 Å². The first-order valence-corrected chi connectivity index (χ1v) is 5.67. The molecule has 0 bridgehead atoms. The number of pyridine rings is 1. The van der Waals surface area contributed by atoms with Gasteiger partial charge in [0.05, 0.1) is 0 Å². The van der Waals surface area contributed by atoms with Crippen molar-refractivity contribution in [2.75, 3.05) is 6.54 Å². The highest BCUT2D eigenvalue weighted by atomic mass is 16.4. The van der Waals surface area contributed by atoms with Gasteiger partial charge in [-0.2, -0.15) is 0 Å². The Morgan fingerprint density at radius 1 is 1.39 bits per heavy atom. The van der Waals surface area contributed by atoms with Crippen molar-refractivity contribution >= 4 is 11.9 Å². The summed E-state index contributed by atoms with van der Waals surface area (Å²) in [6.07, 6.45) is 1.07. The van der Waals surface area contributed by atoms with Gasteiger partial charge in [-0.1, -0.05) is 6.07 Å². The number of carbonyl (C=O) groups excluding carboxylic acids is 1. The lowest BCUT2D eigenvalue weighted by molar-refractivity contribution is -0.147. The van der Waals surface area contributed by atoms with Crippen LogP contribution in [0.15, 0.2) is 24.4 Å². The highest BCUT2D eigenvalue weighted by Crippen LogP contribution is 1.98. The molecular formula is C12H16N2O4. The van der Waals surface area contributed by atoms with Crippen LogP contribution in [0.1, 0.15) is 18.5 Å². The number of amides is 1.